The van der Waals surface area contributed by atoms with Crippen molar-refractivity contribution in [2.24, 2.45) is 0 Å². The molecule has 5 nitrogen and oxygen atoms in total. The third kappa shape index (κ3) is 5.29. The van der Waals surface area contributed by atoms with E-state index in [9.17, 15) is 9.59 Å². The van der Waals surface area contributed by atoms with Gasteiger partial charge in [0, 0.05) is 4.47 Å². The lowest BCUT2D eigenvalue weighted by atomic mass is 10.1. The molecule has 3 N–H and O–H groups in total. The van der Waals surface area contributed by atoms with Crippen LogP contribution in [0.25, 0.3) is 0 Å². The van der Waals surface area contributed by atoms with Crippen LogP contribution in [0.1, 0.15) is 12.0 Å². The van der Waals surface area contributed by atoms with Crippen molar-refractivity contribution in [3.8, 4) is 0 Å². The summed E-state index contributed by atoms with van der Waals surface area (Å²) in [7, 11) is 0. The maximum absolute atomic E-state index is 10.8. The highest BCUT2D eigenvalue weighted by molar-refractivity contribution is 9.10. The summed E-state index contributed by atoms with van der Waals surface area (Å²) in [6, 6.07) is 6.62. The molecule has 1 atom stereocenters. The van der Waals surface area contributed by atoms with E-state index in [0.717, 1.165) is 10.0 Å². The third-order valence-electron chi connectivity index (χ3n) is 2.39. The first-order valence-corrected chi connectivity index (χ1v) is 6.21. The number of hydrogen-bond donors (Lipinski definition) is 3. The molecule has 0 radical (unpaired) electrons. The second kappa shape index (κ2) is 7.13. The van der Waals surface area contributed by atoms with Crippen molar-refractivity contribution in [3.63, 3.8) is 0 Å². The highest BCUT2D eigenvalue weighted by Gasteiger charge is 2.19. The minimum Gasteiger partial charge on any atom is -0.481 e. The number of hydrogen-bond acceptors (Lipinski definition) is 3. The second-order valence-electron chi connectivity index (χ2n) is 3.82. The average molecular weight is 316 g/mol. The van der Waals surface area contributed by atoms with E-state index in [-0.39, 0.29) is 0 Å². The fraction of sp³-hybridized carbons (Fsp3) is 0.333. The van der Waals surface area contributed by atoms with Crippen molar-refractivity contribution in [3.05, 3.63) is 34.3 Å². The summed E-state index contributed by atoms with van der Waals surface area (Å²) in [6.45, 7) is 0.422. The predicted molar refractivity (Wildman–Crippen MR) is 69.5 cm³/mol. The standard InChI is InChI=1S/C12H14BrNO4/c13-9-3-1-8(2-4-9)5-6-14-10(12(17)18)7-11(15)16/h1-4,10,14H,5-7H2,(H,15,16)(H,17,18). The maximum Gasteiger partial charge on any atom is 0.321 e. The molecule has 0 saturated carbocycles. The fourth-order valence-corrected chi connectivity index (χ4v) is 1.73. The van der Waals surface area contributed by atoms with Crippen molar-refractivity contribution in [1.82, 2.24) is 5.32 Å². The summed E-state index contributed by atoms with van der Waals surface area (Å²) in [5.41, 5.74) is 1.06. The van der Waals surface area contributed by atoms with Crippen molar-refractivity contribution in [1.29, 1.82) is 0 Å². The summed E-state index contributed by atoms with van der Waals surface area (Å²) in [4.78, 5) is 21.3. The molecule has 0 aliphatic heterocycles. The van der Waals surface area contributed by atoms with Crippen LogP contribution in [0.5, 0.6) is 0 Å². The number of rotatable bonds is 7. The topological polar surface area (TPSA) is 86.6 Å². The lowest BCUT2D eigenvalue weighted by molar-refractivity contribution is -0.145. The summed E-state index contributed by atoms with van der Waals surface area (Å²) in [5, 5.41) is 20.1. The number of carboxylic acids is 2. The number of nitrogens with one attached hydrogen (secondary N) is 1. The molecule has 0 aliphatic carbocycles. The largest absolute Gasteiger partial charge is 0.481 e. The van der Waals surface area contributed by atoms with Gasteiger partial charge in [-0.15, -0.1) is 0 Å². The van der Waals surface area contributed by atoms with Crippen LogP contribution in [0, 0.1) is 0 Å². The van der Waals surface area contributed by atoms with E-state index in [0.29, 0.717) is 13.0 Å². The molecule has 1 unspecified atom stereocenters. The number of carbonyl (C=O) groups is 2. The van der Waals surface area contributed by atoms with E-state index in [1.165, 1.54) is 0 Å². The summed E-state index contributed by atoms with van der Waals surface area (Å²) < 4.78 is 0.980. The number of carboxylic acid groups (broad SMARTS) is 2. The lowest BCUT2D eigenvalue weighted by Crippen LogP contribution is -2.39. The zero-order chi connectivity index (χ0) is 13.5. The number of aliphatic carboxylic acids is 2. The van der Waals surface area contributed by atoms with Crippen LogP contribution >= 0.6 is 15.9 Å². The number of halogens is 1. The molecule has 0 saturated heterocycles. The van der Waals surface area contributed by atoms with Crippen LogP contribution in [0.15, 0.2) is 28.7 Å². The van der Waals surface area contributed by atoms with E-state index in [1.54, 1.807) is 0 Å². The lowest BCUT2D eigenvalue weighted by Gasteiger charge is -2.12. The average Bonchev–Trinajstić information content (AvgIpc) is 2.29. The first-order valence-electron chi connectivity index (χ1n) is 5.41. The first kappa shape index (κ1) is 14.7. The first-order chi connectivity index (χ1) is 8.49. The molecule has 0 amide bonds. The van der Waals surface area contributed by atoms with E-state index < -0.39 is 24.4 Å². The van der Waals surface area contributed by atoms with Crippen LogP contribution in [0.4, 0.5) is 0 Å². The highest BCUT2D eigenvalue weighted by Crippen LogP contribution is 2.10. The molecule has 18 heavy (non-hydrogen) atoms. The van der Waals surface area contributed by atoms with E-state index in [2.05, 4.69) is 21.2 Å². The van der Waals surface area contributed by atoms with E-state index >= 15 is 0 Å². The Hall–Kier alpha value is -1.40. The van der Waals surface area contributed by atoms with Gasteiger partial charge in [0.1, 0.15) is 6.04 Å². The van der Waals surface area contributed by atoms with Crippen molar-refractivity contribution < 1.29 is 19.8 Å². The molecule has 1 aromatic rings. The summed E-state index contributed by atoms with van der Waals surface area (Å²) in [6.07, 6.45) is 0.229. The Morgan fingerprint density at radius 1 is 1.22 bits per heavy atom. The maximum atomic E-state index is 10.8. The Bertz CT molecular complexity index is 419. The molecule has 0 fully saturated rings. The van der Waals surface area contributed by atoms with Gasteiger partial charge in [0.25, 0.3) is 0 Å². The number of benzene rings is 1. The van der Waals surface area contributed by atoms with Gasteiger partial charge >= 0.3 is 11.9 Å². The predicted octanol–water partition coefficient (Wildman–Crippen LogP) is 1.51. The van der Waals surface area contributed by atoms with Crippen LogP contribution in [0.2, 0.25) is 0 Å². The van der Waals surface area contributed by atoms with Crippen LogP contribution < -0.4 is 5.32 Å². The SMILES string of the molecule is O=C(O)CC(NCCc1ccc(Br)cc1)C(=O)O. The molecule has 1 rings (SSSR count). The van der Waals surface area contributed by atoms with Gasteiger partial charge in [0.15, 0.2) is 0 Å². The summed E-state index contributed by atoms with van der Waals surface area (Å²) >= 11 is 3.32. The monoisotopic (exact) mass is 315 g/mol. The Balaban J connectivity index is 2.41. The van der Waals surface area contributed by atoms with Crippen LogP contribution in [-0.4, -0.2) is 34.7 Å². The molecular weight excluding hydrogens is 302 g/mol. The summed E-state index contributed by atoms with van der Waals surface area (Å²) in [5.74, 6) is -2.27. The second-order valence-corrected chi connectivity index (χ2v) is 4.73. The zero-order valence-electron chi connectivity index (χ0n) is 9.60. The van der Waals surface area contributed by atoms with Gasteiger partial charge in [-0.05, 0) is 30.7 Å². The Morgan fingerprint density at radius 2 is 1.83 bits per heavy atom. The van der Waals surface area contributed by atoms with E-state index in [1.807, 2.05) is 24.3 Å². The highest BCUT2D eigenvalue weighted by atomic mass is 79.9. The van der Waals surface area contributed by atoms with Gasteiger partial charge in [-0.2, -0.15) is 0 Å². The molecule has 0 heterocycles. The smallest absolute Gasteiger partial charge is 0.321 e. The molecule has 0 aromatic heterocycles. The van der Waals surface area contributed by atoms with Crippen LogP contribution in [-0.2, 0) is 16.0 Å². The normalized spacial score (nSPS) is 12.1. The van der Waals surface area contributed by atoms with Crippen molar-refractivity contribution >= 4 is 27.9 Å². The van der Waals surface area contributed by atoms with Crippen molar-refractivity contribution in [2.75, 3.05) is 6.54 Å². The Kier molecular flexibility index (Phi) is 5.80. The van der Waals surface area contributed by atoms with E-state index in [4.69, 9.17) is 10.2 Å². The molecule has 6 heteroatoms. The minimum atomic E-state index is -1.15. The van der Waals surface area contributed by atoms with Gasteiger partial charge in [-0.3, -0.25) is 9.59 Å². The van der Waals surface area contributed by atoms with Gasteiger partial charge < -0.3 is 15.5 Å². The molecular formula is C12H14BrNO4. The van der Waals surface area contributed by atoms with Gasteiger partial charge in [0.05, 0.1) is 6.42 Å². The minimum absolute atomic E-state index is 0.421. The zero-order valence-corrected chi connectivity index (χ0v) is 11.2. The quantitative estimate of drug-likeness (QED) is 0.710. The van der Waals surface area contributed by atoms with Gasteiger partial charge in [0.2, 0.25) is 0 Å². The van der Waals surface area contributed by atoms with Crippen LogP contribution in [0.3, 0.4) is 0 Å². The molecule has 98 valence electrons. The Morgan fingerprint density at radius 3 is 2.33 bits per heavy atom. The molecule has 1 aromatic carbocycles. The molecule has 0 spiro atoms. The molecule has 0 aliphatic rings. The van der Waals surface area contributed by atoms with Gasteiger partial charge in [-0.25, -0.2) is 0 Å². The third-order valence-corrected chi connectivity index (χ3v) is 2.92. The van der Waals surface area contributed by atoms with Crippen molar-refractivity contribution in [2.45, 2.75) is 18.9 Å². The van der Waals surface area contributed by atoms with Gasteiger partial charge in [-0.1, -0.05) is 28.1 Å². The Labute approximate surface area is 113 Å². The fourth-order valence-electron chi connectivity index (χ4n) is 1.46. The molecule has 0 bridgehead atoms.